The summed E-state index contributed by atoms with van der Waals surface area (Å²) in [6, 6.07) is 5.73. The van der Waals surface area contributed by atoms with Crippen LogP contribution in [0.3, 0.4) is 0 Å². The van der Waals surface area contributed by atoms with E-state index in [0.29, 0.717) is 29.2 Å². The van der Waals surface area contributed by atoms with Gasteiger partial charge in [0, 0.05) is 34.3 Å². The lowest BCUT2D eigenvalue weighted by atomic mass is 9.73. The largest absolute Gasteiger partial charge is 0.323 e. The smallest absolute Gasteiger partial charge is 0.250 e. The van der Waals surface area contributed by atoms with Crippen LogP contribution in [-0.2, 0) is 19.9 Å². The fourth-order valence-corrected chi connectivity index (χ4v) is 7.44. The molecule has 1 aromatic heterocycles. The van der Waals surface area contributed by atoms with Crippen LogP contribution in [0.5, 0.6) is 0 Å². The lowest BCUT2D eigenvalue weighted by Gasteiger charge is -2.37. The summed E-state index contributed by atoms with van der Waals surface area (Å²) in [6.45, 7) is 4.71. The molecule has 0 bridgehead atoms. The van der Waals surface area contributed by atoms with Crippen LogP contribution < -0.4 is 10.2 Å². The molecule has 3 amide bonds. The Morgan fingerprint density at radius 2 is 1.71 bits per heavy atom. The first-order valence-electron chi connectivity index (χ1n) is 10.7. The lowest BCUT2D eigenvalue weighted by Crippen LogP contribution is -2.54. The van der Waals surface area contributed by atoms with E-state index in [4.69, 9.17) is 46.4 Å². The van der Waals surface area contributed by atoms with Gasteiger partial charge in [-0.3, -0.25) is 19.3 Å². The number of nitrogens with one attached hydrogen (secondary N) is 1. The normalized spacial score (nSPS) is 31.3. The highest BCUT2D eigenvalue weighted by Gasteiger charge is 2.76. The number of rotatable bonds is 1. The number of anilines is 2. The molecule has 6 rings (SSSR count). The Morgan fingerprint density at radius 3 is 2.41 bits per heavy atom. The number of carbonyl (C=O) groups is 3. The van der Waals surface area contributed by atoms with Crippen molar-refractivity contribution in [2.45, 2.75) is 31.8 Å². The molecule has 4 aliphatic rings. The number of hydrogen-bond donors (Lipinski definition) is 1. The fraction of sp³-hybridized carbons (Fsp3) is 0.391. The quantitative estimate of drug-likeness (QED) is 0.417. The second-order valence-electron chi connectivity index (χ2n) is 10.1. The minimum Gasteiger partial charge on any atom is -0.323 e. The topological polar surface area (TPSA) is 82.6 Å². The molecule has 4 aliphatic heterocycles. The molecule has 5 heterocycles. The molecule has 3 unspecified atom stereocenters. The number of nitrogens with zero attached hydrogens (tertiary/aromatic N) is 3. The Bertz CT molecular complexity index is 1310. The third kappa shape index (κ3) is 2.76. The summed E-state index contributed by atoms with van der Waals surface area (Å²) in [4.78, 5) is 48.9. The highest BCUT2D eigenvalue weighted by Crippen LogP contribution is 2.63. The summed E-state index contributed by atoms with van der Waals surface area (Å²) in [5.41, 5.74) is -0.660. The summed E-state index contributed by atoms with van der Waals surface area (Å²) in [5, 5.41) is 3.80. The maximum Gasteiger partial charge on any atom is 0.250 e. The molecule has 3 fully saturated rings. The summed E-state index contributed by atoms with van der Waals surface area (Å²) in [7, 11) is 0. The average molecular weight is 540 g/mol. The molecule has 2 aromatic rings. The molecule has 1 aromatic carbocycles. The third-order valence-electron chi connectivity index (χ3n) is 7.45. The van der Waals surface area contributed by atoms with Gasteiger partial charge in [-0.2, -0.15) is 0 Å². The molecule has 3 saturated heterocycles. The van der Waals surface area contributed by atoms with Crippen LogP contribution in [0, 0.1) is 17.3 Å². The third-order valence-corrected chi connectivity index (χ3v) is 8.38. The maximum absolute atomic E-state index is 14.0. The lowest BCUT2D eigenvalue weighted by molar-refractivity contribution is -0.135. The van der Waals surface area contributed by atoms with E-state index in [1.165, 1.54) is 12.1 Å². The second kappa shape index (κ2) is 7.08. The van der Waals surface area contributed by atoms with E-state index in [2.05, 4.69) is 24.1 Å². The fourth-order valence-electron chi connectivity index (χ4n) is 6.44. The Labute approximate surface area is 215 Å². The molecule has 176 valence electrons. The van der Waals surface area contributed by atoms with Crippen LogP contribution >= 0.6 is 46.4 Å². The van der Waals surface area contributed by atoms with E-state index in [1.54, 1.807) is 12.1 Å². The maximum atomic E-state index is 14.0. The van der Waals surface area contributed by atoms with Crippen molar-refractivity contribution in [3.8, 4) is 0 Å². The van der Waals surface area contributed by atoms with Gasteiger partial charge in [-0.15, -0.1) is 0 Å². The van der Waals surface area contributed by atoms with Crippen molar-refractivity contribution in [2.24, 2.45) is 17.3 Å². The predicted molar refractivity (Wildman–Crippen MR) is 129 cm³/mol. The van der Waals surface area contributed by atoms with Crippen molar-refractivity contribution in [2.75, 3.05) is 16.8 Å². The monoisotopic (exact) mass is 538 g/mol. The Hall–Kier alpha value is -1.90. The van der Waals surface area contributed by atoms with E-state index in [1.807, 2.05) is 4.90 Å². The van der Waals surface area contributed by atoms with Gasteiger partial charge in [0.2, 0.25) is 11.8 Å². The first-order valence-corrected chi connectivity index (χ1v) is 12.3. The number of carbonyl (C=O) groups excluding carboxylic acids is 3. The first kappa shape index (κ1) is 22.6. The van der Waals surface area contributed by atoms with Crippen LogP contribution in [0.15, 0.2) is 24.3 Å². The Balaban J connectivity index is 1.59. The molecular formula is C23H18Cl4N4O3. The van der Waals surface area contributed by atoms with Crippen LogP contribution in [0.2, 0.25) is 20.2 Å². The van der Waals surface area contributed by atoms with Gasteiger partial charge >= 0.3 is 0 Å². The standard InChI is InChI=1S/C23H18Cl4N4O3/c1-22(2)7-13-16-17(20(33)31(19(16)32)15-6-10(25)5-14(27)28-15)23(30(13)8-22)11-3-9(24)4-12(26)18(11)29-21(23)34/h3-6,13,16-17H,7-8H2,1-2H3,(H,29,34)/t13?,16?,17-,23?/m0/s1. The van der Waals surface area contributed by atoms with Crippen molar-refractivity contribution in [3.63, 3.8) is 0 Å². The van der Waals surface area contributed by atoms with E-state index >= 15 is 0 Å². The van der Waals surface area contributed by atoms with Crippen molar-refractivity contribution in [1.29, 1.82) is 0 Å². The van der Waals surface area contributed by atoms with E-state index in [9.17, 15) is 14.4 Å². The number of imide groups is 1. The molecule has 1 spiro atoms. The van der Waals surface area contributed by atoms with Gasteiger partial charge in [0.05, 0.1) is 22.5 Å². The number of aromatic nitrogens is 1. The van der Waals surface area contributed by atoms with Crippen molar-refractivity contribution in [3.05, 3.63) is 50.0 Å². The summed E-state index contributed by atoms with van der Waals surface area (Å²) < 4.78 is 0. The van der Waals surface area contributed by atoms with Gasteiger partial charge in [-0.1, -0.05) is 60.3 Å². The van der Waals surface area contributed by atoms with Gasteiger partial charge in [0.1, 0.15) is 16.5 Å². The Morgan fingerprint density at radius 1 is 1.00 bits per heavy atom. The van der Waals surface area contributed by atoms with Gasteiger partial charge in [-0.25, -0.2) is 9.88 Å². The molecule has 34 heavy (non-hydrogen) atoms. The van der Waals surface area contributed by atoms with Crippen molar-refractivity contribution < 1.29 is 14.4 Å². The van der Waals surface area contributed by atoms with E-state index in [0.717, 1.165) is 4.90 Å². The number of halogens is 4. The van der Waals surface area contributed by atoms with Crippen LogP contribution in [0.25, 0.3) is 0 Å². The molecule has 0 saturated carbocycles. The number of pyridine rings is 1. The number of fused-ring (bicyclic) bond motifs is 7. The van der Waals surface area contributed by atoms with Crippen LogP contribution in [0.1, 0.15) is 25.8 Å². The summed E-state index contributed by atoms with van der Waals surface area (Å²) in [5.74, 6) is -3.00. The molecule has 0 radical (unpaired) electrons. The van der Waals surface area contributed by atoms with Crippen molar-refractivity contribution in [1.82, 2.24) is 9.88 Å². The zero-order valence-corrected chi connectivity index (χ0v) is 21.1. The van der Waals surface area contributed by atoms with Gasteiger partial charge in [-0.05, 0) is 30.0 Å². The minimum absolute atomic E-state index is 0.0450. The van der Waals surface area contributed by atoms with Crippen LogP contribution in [-0.4, -0.2) is 40.2 Å². The van der Waals surface area contributed by atoms with Crippen molar-refractivity contribution >= 4 is 75.6 Å². The second-order valence-corrected chi connectivity index (χ2v) is 11.7. The molecular weight excluding hydrogens is 522 g/mol. The van der Waals surface area contributed by atoms with Gasteiger partial charge in [0.15, 0.2) is 0 Å². The SMILES string of the molecule is CC1(C)CC2C3C(=O)N(c4cc(Cl)cc(Cl)n4)C(=O)[C@H]3C3(C(=O)Nc4c(Cl)cc(Cl)cc43)N2C1. The first-order chi connectivity index (χ1) is 16.0. The van der Waals surface area contributed by atoms with Gasteiger partial charge < -0.3 is 5.32 Å². The number of benzene rings is 1. The van der Waals surface area contributed by atoms with Gasteiger partial charge in [0.25, 0.3) is 5.91 Å². The molecule has 1 N–H and O–H groups in total. The number of amides is 3. The Kier molecular flexibility index (Phi) is 4.69. The van der Waals surface area contributed by atoms with E-state index < -0.39 is 29.2 Å². The van der Waals surface area contributed by atoms with Crippen LogP contribution in [0.4, 0.5) is 11.5 Å². The molecule has 4 atom stereocenters. The van der Waals surface area contributed by atoms with E-state index in [-0.39, 0.29) is 38.4 Å². The summed E-state index contributed by atoms with van der Waals surface area (Å²) >= 11 is 25.0. The zero-order chi connectivity index (χ0) is 24.3. The molecule has 11 heteroatoms. The molecule has 7 nitrogen and oxygen atoms in total. The minimum atomic E-state index is -1.42. The number of hydrogen-bond acceptors (Lipinski definition) is 5. The average Bonchev–Trinajstić information content (AvgIpc) is 3.35. The predicted octanol–water partition coefficient (Wildman–Crippen LogP) is 4.76. The highest BCUT2D eigenvalue weighted by molar-refractivity contribution is 6.38. The summed E-state index contributed by atoms with van der Waals surface area (Å²) in [6.07, 6.45) is 0.642. The zero-order valence-electron chi connectivity index (χ0n) is 18.0. The molecule has 0 aliphatic carbocycles. The highest BCUT2D eigenvalue weighted by atomic mass is 35.5.